The fraction of sp³-hybridized carbons (Fsp3) is 0.214. The Balaban J connectivity index is 2.62. The van der Waals surface area contributed by atoms with Crippen LogP contribution >= 0.6 is 0 Å². The van der Waals surface area contributed by atoms with Gasteiger partial charge in [-0.05, 0) is 24.3 Å². The van der Waals surface area contributed by atoms with Gasteiger partial charge in [0, 0.05) is 12.6 Å². The summed E-state index contributed by atoms with van der Waals surface area (Å²) >= 11 is 0. The molecule has 1 aromatic carbocycles. The molecule has 0 amide bonds. The van der Waals surface area contributed by atoms with E-state index in [-0.39, 0.29) is 0 Å². The molecule has 1 aromatic rings. The zero-order valence-corrected chi connectivity index (χ0v) is 9.76. The van der Waals surface area contributed by atoms with E-state index in [0.29, 0.717) is 6.54 Å². The minimum absolute atomic E-state index is 0.612. The van der Waals surface area contributed by atoms with Gasteiger partial charge >= 0.3 is 5.97 Å². The van der Waals surface area contributed by atoms with Crippen molar-refractivity contribution in [1.82, 2.24) is 4.90 Å². The Hall–Kier alpha value is -2.05. The molecule has 0 aromatic heterocycles. The summed E-state index contributed by atoms with van der Waals surface area (Å²) in [4.78, 5) is 12.4. The first kappa shape index (κ1) is 13.0. The molecule has 0 spiro atoms. The molecule has 0 radical (unpaired) electrons. The molecule has 1 rings (SSSR count). The van der Waals surface area contributed by atoms with E-state index < -0.39 is 5.97 Å². The van der Waals surface area contributed by atoms with Gasteiger partial charge in [-0.2, -0.15) is 0 Å². The molecule has 0 aliphatic heterocycles. The summed E-state index contributed by atoms with van der Waals surface area (Å²) in [6.07, 6.45) is 7.91. The van der Waals surface area contributed by atoms with Crippen molar-refractivity contribution >= 4 is 12.0 Å². The first-order valence-electron chi connectivity index (χ1n) is 5.24. The maximum absolute atomic E-state index is 10.3. The molecule has 0 aliphatic carbocycles. The fourth-order valence-electron chi connectivity index (χ4n) is 1.43. The number of aliphatic carboxylic acids is 1. The lowest BCUT2D eigenvalue weighted by Crippen LogP contribution is -2.17. The van der Waals surface area contributed by atoms with Crippen LogP contribution in [0.3, 0.4) is 0 Å². The maximum atomic E-state index is 10.3. The number of hydrogen-bond acceptors (Lipinski definition) is 2. The highest BCUT2D eigenvalue weighted by Crippen LogP contribution is 2.08. The maximum Gasteiger partial charge on any atom is 0.328 e. The van der Waals surface area contributed by atoms with Crippen LogP contribution in [0.1, 0.15) is 11.1 Å². The second-order valence-electron chi connectivity index (χ2n) is 3.79. The van der Waals surface area contributed by atoms with Crippen molar-refractivity contribution in [2.24, 2.45) is 0 Å². The van der Waals surface area contributed by atoms with Crippen molar-refractivity contribution in [1.29, 1.82) is 0 Å². The van der Waals surface area contributed by atoms with Crippen LogP contribution in [0, 0.1) is 12.3 Å². The van der Waals surface area contributed by atoms with E-state index in [4.69, 9.17) is 11.5 Å². The Bertz CT molecular complexity index is 440. The molecule has 17 heavy (non-hydrogen) atoms. The van der Waals surface area contributed by atoms with E-state index in [9.17, 15) is 4.79 Å². The molecule has 1 N–H and O–H groups in total. The van der Waals surface area contributed by atoms with Crippen molar-refractivity contribution in [2.75, 3.05) is 13.6 Å². The first-order chi connectivity index (χ1) is 8.11. The van der Waals surface area contributed by atoms with Crippen molar-refractivity contribution in [3.63, 3.8) is 0 Å². The second kappa shape index (κ2) is 6.51. The van der Waals surface area contributed by atoms with Gasteiger partial charge in [-0.15, -0.1) is 6.42 Å². The van der Waals surface area contributed by atoms with Gasteiger partial charge in [-0.1, -0.05) is 30.2 Å². The van der Waals surface area contributed by atoms with E-state index >= 15 is 0 Å². The molecule has 88 valence electrons. The van der Waals surface area contributed by atoms with Gasteiger partial charge in [0.2, 0.25) is 0 Å². The smallest absolute Gasteiger partial charge is 0.328 e. The number of carbonyl (C=O) groups is 1. The third-order valence-electron chi connectivity index (χ3n) is 2.21. The summed E-state index contributed by atoms with van der Waals surface area (Å²) in [7, 11) is 1.96. The van der Waals surface area contributed by atoms with E-state index in [1.807, 2.05) is 36.2 Å². The fourth-order valence-corrected chi connectivity index (χ4v) is 1.43. The van der Waals surface area contributed by atoms with Crippen LogP contribution in [-0.4, -0.2) is 29.6 Å². The van der Waals surface area contributed by atoms with Crippen LogP contribution in [0.25, 0.3) is 6.08 Å². The Morgan fingerprint density at radius 2 is 2.12 bits per heavy atom. The summed E-state index contributed by atoms with van der Waals surface area (Å²) in [5.74, 6) is 1.64. The van der Waals surface area contributed by atoms with E-state index in [0.717, 1.165) is 23.7 Å². The second-order valence-corrected chi connectivity index (χ2v) is 3.79. The topological polar surface area (TPSA) is 40.5 Å². The molecular formula is C14H15NO2. The van der Waals surface area contributed by atoms with Crippen molar-refractivity contribution in [3.05, 3.63) is 41.5 Å². The third-order valence-corrected chi connectivity index (χ3v) is 2.21. The van der Waals surface area contributed by atoms with Gasteiger partial charge in [-0.25, -0.2) is 4.79 Å². The monoisotopic (exact) mass is 229 g/mol. The standard InChI is InChI=1S/C14H15NO2/c1-3-10-15(2)11-13-6-4-12(5-7-13)8-9-14(16)17/h1,4-9H,10-11H2,2H3,(H,16,17). The average molecular weight is 229 g/mol. The molecule has 0 fully saturated rings. The number of nitrogens with zero attached hydrogens (tertiary/aromatic N) is 1. The lowest BCUT2D eigenvalue weighted by molar-refractivity contribution is -0.131. The Morgan fingerprint density at radius 1 is 1.47 bits per heavy atom. The van der Waals surface area contributed by atoms with Gasteiger partial charge < -0.3 is 5.11 Å². The molecule has 0 saturated heterocycles. The average Bonchev–Trinajstić information content (AvgIpc) is 2.28. The Morgan fingerprint density at radius 3 is 2.65 bits per heavy atom. The number of hydrogen-bond donors (Lipinski definition) is 1. The minimum Gasteiger partial charge on any atom is -0.478 e. The van der Waals surface area contributed by atoms with Crippen LogP contribution in [0.4, 0.5) is 0 Å². The van der Waals surface area contributed by atoms with Gasteiger partial charge in [-0.3, -0.25) is 4.90 Å². The van der Waals surface area contributed by atoms with Crippen LogP contribution in [-0.2, 0) is 11.3 Å². The van der Waals surface area contributed by atoms with Crippen LogP contribution in [0.15, 0.2) is 30.3 Å². The Kier molecular flexibility index (Phi) is 4.99. The summed E-state index contributed by atoms with van der Waals surface area (Å²) in [5, 5.41) is 8.50. The molecule has 0 saturated carbocycles. The SMILES string of the molecule is C#CCN(C)Cc1ccc(C=CC(=O)O)cc1. The van der Waals surface area contributed by atoms with E-state index in [2.05, 4.69) is 5.92 Å². The summed E-state index contributed by atoms with van der Waals surface area (Å²) in [6, 6.07) is 7.71. The van der Waals surface area contributed by atoms with Crippen molar-refractivity contribution < 1.29 is 9.90 Å². The number of benzene rings is 1. The van der Waals surface area contributed by atoms with Crippen molar-refractivity contribution in [3.8, 4) is 12.3 Å². The molecule has 3 nitrogen and oxygen atoms in total. The van der Waals surface area contributed by atoms with Gasteiger partial charge in [0.05, 0.1) is 6.54 Å². The van der Waals surface area contributed by atoms with Crippen LogP contribution in [0.2, 0.25) is 0 Å². The van der Waals surface area contributed by atoms with Crippen molar-refractivity contribution in [2.45, 2.75) is 6.54 Å². The Labute approximate surface area is 101 Å². The summed E-state index contributed by atoms with van der Waals surface area (Å²) in [5.41, 5.74) is 2.02. The summed E-state index contributed by atoms with van der Waals surface area (Å²) in [6.45, 7) is 1.40. The highest BCUT2D eigenvalue weighted by Gasteiger charge is 1.98. The zero-order chi connectivity index (χ0) is 12.7. The highest BCUT2D eigenvalue weighted by molar-refractivity contribution is 5.85. The molecule has 0 aliphatic rings. The predicted octanol–water partition coefficient (Wildman–Crippen LogP) is 1.85. The molecule has 0 heterocycles. The van der Waals surface area contributed by atoms with Gasteiger partial charge in [0.15, 0.2) is 0 Å². The van der Waals surface area contributed by atoms with Gasteiger partial charge in [0.1, 0.15) is 0 Å². The quantitative estimate of drug-likeness (QED) is 0.618. The molecular weight excluding hydrogens is 214 g/mol. The van der Waals surface area contributed by atoms with Crippen LogP contribution < -0.4 is 0 Å². The third kappa shape index (κ3) is 5.01. The molecule has 0 atom stereocenters. The molecule has 0 unspecified atom stereocenters. The molecule has 0 bridgehead atoms. The van der Waals surface area contributed by atoms with Crippen LogP contribution in [0.5, 0.6) is 0 Å². The normalized spacial score (nSPS) is 10.6. The molecule has 3 heteroatoms. The first-order valence-corrected chi connectivity index (χ1v) is 5.24. The van der Waals surface area contributed by atoms with E-state index in [1.165, 1.54) is 0 Å². The lowest BCUT2D eigenvalue weighted by atomic mass is 10.1. The predicted molar refractivity (Wildman–Crippen MR) is 68.3 cm³/mol. The number of terminal acetylenes is 1. The largest absolute Gasteiger partial charge is 0.478 e. The highest BCUT2D eigenvalue weighted by atomic mass is 16.4. The summed E-state index contributed by atoms with van der Waals surface area (Å²) < 4.78 is 0. The van der Waals surface area contributed by atoms with Gasteiger partial charge in [0.25, 0.3) is 0 Å². The number of rotatable bonds is 5. The number of carboxylic acid groups (broad SMARTS) is 1. The van der Waals surface area contributed by atoms with E-state index in [1.54, 1.807) is 6.08 Å². The lowest BCUT2D eigenvalue weighted by Gasteiger charge is -2.12. The minimum atomic E-state index is -0.942. The number of carboxylic acids is 1. The zero-order valence-electron chi connectivity index (χ0n) is 9.76.